The van der Waals surface area contributed by atoms with Gasteiger partial charge in [0.05, 0.1) is 29.6 Å². The van der Waals surface area contributed by atoms with E-state index in [0.29, 0.717) is 12.0 Å². The fourth-order valence-electron chi connectivity index (χ4n) is 6.07. The van der Waals surface area contributed by atoms with Crippen molar-refractivity contribution in [1.29, 1.82) is 0 Å². The second-order valence-corrected chi connectivity index (χ2v) is 8.84. The Hall–Kier alpha value is -2.20. The predicted molar refractivity (Wildman–Crippen MR) is 105 cm³/mol. The van der Waals surface area contributed by atoms with Gasteiger partial charge in [-0.15, -0.1) is 0 Å². The van der Waals surface area contributed by atoms with Crippen molar-refractivity contribution in [3.05, 3.63) is 64.2 Å². The van der Waals surface area contributed by atoms with Gasteiger partial charge in [-0.1, -0.05) is 23.8 Å². The van der Waals surface area contributed by atoms with Crippen LogP contribution in [-0.2, 0) is 9.53 Å². The lowest BCUT2D eigenvalue weighted by atomic mass is 9.69. The molecule has 2 heterocycles. The number of aryl methyl sites for hydroxylation is 3. The van der Waals surface area contributed by atoms with Crippen LogP contribution in [0.4, 0.5) is 4.39 Å². The summed E-state index contributed by atoms with van der Waals surface area (Å²) in [5.74, 6) is -0.111. The van der Waals surface area contributed by atoms with E-state index in [1.54, 1.807) is 6.08 Å². The number of carbonyl (C=O) groups is 1. The number of halogens is 1. The van der Waals surface area contributed by atoms with Gasteiger partial charge in [0.25, 0.3) is 0 Å². The fourth-order valence-corrected chi connectivity index (χ4v) is 6.07. The van der Waals surface area contributed by atoms with Gasteiger partial charge in [-0.05, 0) is 74.3 Å². The van der Waals surface area contributed by atoms with E-state index in [1.807, 2.05) is 26.8 Å². The number of Topliss-reactive ketones (excluding diaryl/α,β-unsaturated/α-hetero) is 1. The SMILES string of the molecule is Cc1cc(C)c(C2=C(O)[C@@H]3[C@@H]4O[C@@H](C[C@@H]4C4C=CC(F)=CC4)[C@@H]3C2=O)c(C)c1. The van der Waals surface area contributed by atoms with Crippen LogP contribution in [0.3, 0.4) is 0 Å². The number of hydrogen-bond donors (Lipinski definition) is 1. The van der Waals surface area contributed by atoms with E-state index in [1.165, 1.54) is 6.08 Å². The highest BCUT2D eigenvalue weighted by molar-refractivity contribution is 6.26. The molecule has 0 radical (unpaired) electrons. The van der Waals surface area contributed by atoms with Crippen molar-refractivity contribution < 1.29 is 19.0 Å². The summed E-state index contributed by atoms with van der Waals surface area (Å²) in [5, 5.41) is 11.2. The predicted octanol–water partition coefficient (Wildman–Crippen LogP) is 4.91. The molecule has 4 heteroatoms. The minimum atomic E-state index is -0.281. The molecule has 28 heavy (non-hydrogen) atoms. The Kier molecular flexibility index (Phi) is 3.92. The maximum absolute atomic E-state index is 13.4. The molecule has 5 rings (SSSR count). The first-order valence-electron chi connectivity index (χ1n) is 10.1. The van der Waals surface area contributed by atoms with Crippen molar-refractivity contribution in [1.82, 2.24) is 0 Å². The first kappa shape index (κ1) is 17.9. The lowest BCUT2D eigenvalue weighted by molar-refractivity contribution is -0.118. The third-order valence-corrected chi connectivity index (χ3v) is 7.09. The molecule has 1 N–H and O–H groups in total. The summed E-state index contributed by atoms with van der Waals surface area (Å²) >= 11 is 0. The van der Waals surface area contributed by atoms with E-state index in [9.17, 15) is 14.3 Å². The van der Waals surface area contributed by atoms with E-state index in [4.69, 9.17) is 4.74 Å². The molecule has 2 saturated heterocycles. The largest absolute Gasteiger partial charge is 0.511 e. The van der Waals surface area contributed by atoms with Gasteiger partial charge in [0.1, 0.15) is 11.6 Å². The number of carbonyl (C=O) groups excluding carboxylic acids is 1. The summed E-state index contributed by atoms with van der Waals surface area (Å²) in [6.07, 6.45) is 6.19. The van der Waals surface area contributed by atoms with Crippen LogP contribution >= 0.6 is 0 Å². The molecule has 1 aromatic carbocycles. The van der Waals surface area contributed by atoms with E-state index in [-0.39, 0.29) is 53.2 Å². The van der Waals surface area contributed by atoms with Gasteiger partial charge in [-0.3, -0.25) is 4.79 Å². The topological polar surface area (TPSA) is 46.5 Å². The van der Waals surface area contributed by atoms with Crippen LogP contribution in [0.5, 0.6) is 0 Å². The summed E-state index contributed by atoms with van der Waals surface area (Å²) in [6.45, 7) is 6.04. The van der Waals surface area contributed by atoms with Gasteiger partial charge in [-0.2, -0.15) is 0 Å². The Morgan fingerprint density at radius 3 is 2.50 bits per heavy atom. The summed E-state index contributed by atoms with van der Waals surface area (Å²) in [4.78, 5) is 13.3. The number of aliphatic hydroxyl groups is 1. The molecule has 1 unspecified atom stereocenters. The van der Waals surface area contributed by atoms with Crippen LogP contribution < -0.4 is 0 Å². The van der Waals surface area contributed by atoms with Crippen LogP contribution in [0.2, 0.25) is 0 Å². The highest BCUT2D eigenvalue weighted by Crippen LogP contribution is 2.58. The first-order valence-corrected chi connectivity index (χ1v) is 10.1. The smallest absolute Gasteiger partial charge is 0.173 e. The summed E-state index contributed by atoms with van der Waals surface area (Å²) < 4.78 is 19.5. The Balaban J connectivity index is 1.52. The highest BCUT2D eigenvalue weighted by Gasteiger charge is 2.63. The molecular weight excluding hydrogens is 355 g/mol. The molecule has 2 bridgehead atoms. The molecule has 6 atom stereocenters. The van der Waals surface area contributed by atoms with Gasteiger partial charge in [-0.25, -0.2) is 4.39 Å². The van der Waals surface area contributed by atoms with Gasteiger partial charge in [0.15, 0.2) is 5.78 Å². The molecule has 0 amide bonds. The minimum Gasteiger partial charge on any atom is -0.511 e. The number of benzene rings is 1. The molecule has 2 fully saturated rings. The fraction of sp³-hybridized carbons (Fsp3) is 0.458. The molecule has 0 saturated carbocycles. The number of aliphatic hydroxyl groups excluding tert-OH is 1. The average Bonchev–Trinajstić information content (AvgIpc) is 3.29. The molecule has 0 spiro atoms. The standard InChI is InChI=1S/C24H25FO3/c1-11-8-12(2)18(13(3)9-11)20-22(26)19-17-10-16(14-4-6-15(25)7-5-14)24(28-17)21(19)23(20)27/h4,6-9,14,16-17,19,21,24,27H,5,10H2,1-3H3/t14?,16-,17+,19+,21-,24-/m1/s1. The average molecular weight is 380 g/mol. The molecule has 4 aliphatic rings. The highest BCUT2D eigenvalue weighted by atomic mass is 19.1. The zero-order valence-corrected chi connectivity index (χ0v) is 16.4. The number of hydrogen-bond acceptors (Lipinski definition) is 3. The van der Waals surface area contributed by atoms with Crippen molar-refractivity contribution >= 4 is 11.4 Å². The first-order chi connectivity index (χ1) is 13.4. The Labute approximate surface area is 164 Å². The van der Waals surface area contributed by atoms with Crippen molar-refractivity contribution in [2.75, 3.05) is 0 Å². The van der Waals surface area contributed by atoms with Crippen LogP contribution in [0, 0.1) is 44.4 Å². The van der Waals surface area contributed by atoms with E-state index in [2.05, 4.69) is 12.1 Å². The van der Waals surface area contributed by atoms with Gasteiger partial charge >= 0.3 is 0 Å². The number of fused-ring (bicyclic) bond motifs is 5. The number of rotatable bonds is 2. The Morgan fingerprint density at radius 1 is 1.14 bits per heavy atom. The molecule has 2 aliphatic heterocycles. The van der Waals surface area contributed by atoms with Crippen LogP contribution in [0.15, 0.2) is 41.9 Å². The monoisotopic (exact) mass is 380 g/mol. The second kappa shape index (κ2) is 6.15. The lowest BCUT2D eigenvalue weighted by Gasteiger charge is -2.32. The number of allylic oxidation sites excluding steroid dienone is 5. The second-order valence-electron chi connectivity index (χ2n) is 8.84. The maximum atomic E-state index is 13.4. The summed E-state index contributed by atoms with van der Waals surface area (Å²) in [7, 11) is 0. The van der Waals surface area contributed by atoms with Crippen molar-refractivity contribution in [3.63, 3.8) is 0 Å². The van der Waals surface area contributed by atoms with Crippen molar-refractivity contribution in [3.8, 4) is 0 Å². The summed E-state index contributed by atoms with van der Waals surface area (Å²) in [5.41, 5.74) is 4.56. The normalized spacial score (nSPS) is 36.3. The van der Waals surface area contributed by atoms with Crippen LogP contribution in [0.1, 0.15) is 35.1 Å². The third kappa shape index (κ3) is 2.40. The zero-order chi connectivity index (χ0) is 19.7. The van der Waals surface area contributed by atoms with E-state index < -0.39 is 0 Å². The zero-order valence-electron chi connectivity index (χ0n) is 16.4. The number of ketones is 1. The van der Waals surface area contributed by atoms with Gasteiger partial charge < -0.3 is 9.84 Å². The Bertz CT molecular complexity index is 947. The number of ether oxygens (including phenoxy) is 1. The van der Waals surface area contributed by atoms with Gasteiger partial charge in [0, 0.05) is 0 Å². The van der Waals surface area contributed by atoms with Crippen LogP contribution in [-0.4, -0.2) is 23.1 Å². The molecule has 3 nitrogen and oxygen atoms in total. The lowest BCUT2D eigenvalue weighted by Crippen LogP contribution is -2.37. The Morgan fingerprint density at radius 2 is 1.86 bits per heavy atom. The van der Waals surface area contributed by atoms with E-state index >= 15 is 0 Å². The maximum Gasteiger partial charge on any atom is 0.173 e. The molecule has 146 valence electrons. The van der Waals surface area contributed by atoms with Crippen molar-refractivity contribution in [2.24, 2.45) is 23.7 Å². The molecule has 1 aromatic rings. The third-order valence-electron chi connectivity index (χ3n) is 7.09. The van der Waals surface area contributed by atoms with E-state index in [0.717, 1.165) is 28.7 Å². The van der Waals surface area contributed by atoms with Crippen LogP contribution in [0.25, 0.3) is 5.57 Å². The summed E-state index contributed by atoms with van der Waals surface area (Å²) in [6, 6.07) is 4.12. The van der Waals surface area contributed by atoms with Gasteiger partial charge in [0.2, 0.25) is 0 Å². The minimum absolute atomic E-state index is 0.0219. The van der Waals surface area contributed by atoms with Crippen molar-refractivity contribution in [2.45, 2.75) is 45.8 Å². The quantitative estimate of drug-likeness (QED) is 0.793. The molecule has 0 aromatic heterocycles. The molecular formula is C24H25FO3. The molecule has 2 aliphatic carbocycles.